The highest BCUT2D eigenvalue weighted by molar-refractivity contribution is 8.33. The summed E-state index contributed by atoms with van der Waals surface area (Å²) >= 11 is 0. The van der Waals surface area contributed by atoms with Crippen molar-refractivity contribution in [1.82, 2.24) is 0 Å². The van der Waals surface area contributed by atoms with Crippen molar-refractivity contribution in [1.29, 1.82) is 0 Å². The quantitative estimate of drug-likeness (QED) is 0.244. The lowest BCUT2D eigenvalue weighted by Gasteiger charge is -2.45. The van der Waals surface area contributed by atoms with E-state index >= 15 is 0 Å². The lowest BCUT2D eigenvalue weighted by molar-refractivity contribution is -0.00520. The first kappa shape index (κ1) is 30.7. The van der Waals surface area contributed by atoms with Gasteiger partial charge in [0.2, 0.25) is 0 Å². The van der Waals surface area contributed by atoms with Gasteiger partial charge in [0.05, 0.1) is 11.2 Å². The second-order valence-corrected chi connectivity index (χ2v) is 18.6. The van der Waals surface area contributed by atoms with Crippen molar-refractivity contribution in [2.24, 2.45) is 0 Å². The Balaban J connectivity index is 1.43. The SMILES string of the molecule is CC(C)(C)OCCCCC1CC(S(C)(C)C2CC(CCCCOC(C)(C)C)c3ccccc32)c2ccccc21. The average Bonchev–Trinajstić information content (AvgIpc) is 3.42. The molecule has 218 valence electrons. The molecule has 4 rings (SSSR count). The van der Waals surface area contributed by atoms with Gasteiger partial charge in [-0.05, 0) is 127 Å². The molecular weight excluding hydrogens is 496 g/mol. The summed E-state index contributed by atoms with van der Waals surface area (Å²) in [5, 5.41) is 1.39. The summed E-state index contributed by atoms with van der Waals surface area (Å²) in [5.74, 6) is 1.39. The van der Waals surface area contributed by atoms with Crippen LogP contribution in [0.25, 0.3) is 0 Å². The molecule has 2 aromatic carbocycles. The van der Waals surface area contributed by atoms with E-state index in [1.165, 1.54) is 38.5 Å². The minimum Gasteiger partial charge on any atom is -0.376 e. The van der Waals surface area contributed by atoms with Crippen molar-refractivity contribution in [3.8, 4) is 0 Å². The van der Waals surface area contributed by atoms with E-state index in [0.29, 0.717) is 22.3 Å². The number of ether oxygens (including phenoxy) is 2. The van der Waals surface area contributed by atoms with Crippen molar-refractivity contribution in [2.45, 2.75) is 126 Å². The van der Waals surface area contributed by atoms with Crippen molar-refractivity contribution in [3.05, 3.63) is 70.8 Å². The molecule has 4 unspecified atom stereocenters. The largest absolute Gasteiger partial charge is 0.376 e. The molecule has 0 fully saturated rings. The molecule has 0 aliphatic heterocycles. The number of benzene rings is 2. The van der Waals surface area contributed by atoms with E-state index < -0.39 is 10.0 Å². The van der Waals surface area contributed by atoms with Gasteiger partial charge >= 0.3 is 0 Å². The predicted octanol–water partition coefficient (Wildman–Crippen LogP) is 10.5. The summed E-state index contributed by atoms with van der Waals surface area (Å²) in [5.41, 5.74) is 6.53. The Labute approximate surface area is 242 Å². The molecule has 0 bridgehead atoms. The summed E-state index contributed by atoms with van der Waals surface area (Å²) in [6, 6.07) is 18.9. The molecule has 0 saturated heterocycles. The van der Waals surface area contributed by atoms with E-state index in [1.54, 1.807) is 22.3 Å². The van der Waals surface area contributed by atoms with Crippen molar-refractivity contribution in [2.75, 3.05) is 25.7 Å². The Morgan fingerprint density at radius 2 is 0.949 bits per heavy atom. The van der Waals surface area contributed by atoms with Crippen LogP contribution in [0.4, 0.5) is 0 Å². The van der Waals surface area contributed by atoms with Gasteiger partial charge < -0.3 is 9.47 Å². The third-order valence-corrected chi connectivity index (χ3v) is 12.8. The highest BCUT2D eigenvalue weighted by Gasteiger charge is 2.45. The topological polar surface area (TPSA) is 18.5 Å². The Hall–Kier alpha value is -1.29. The van der Waals surface area contributed by atoms with Crippen LogP contribution in [-0.2, 0) is 9.47 Å². The van der Waals surface area contributed by atoms with E-state index in [-0.39, 0.29) is 11.2 Å². The third kappa shape index (κ3) is 7.92. The van der Waals surface area contributed by atoms with E-state index in [4.69, 9.17) is 9.47 Å². The van der Waals surface area contributed by atoms with Crippen LogP contribution in [-0.4, -0.2) is 36.9 Å². The fourth-order valence-electron chi connectivity index (χ4n) is 7.01. The van der Waals surface area contributed by atoms with Gasteiger partial charge in [0.25, 0.3) is 0 Å². The lowest BCUT2D eigenvalue weighted by atomic mass is 9.95. The van der Waals surface area contributed by atoms with Crippen LogP contribution < -0.4 is 0 Å². The van der Waals surface area contributed by atoms with Crippen molar-refractivity contribution in [3.63, 3.8) is 0 Å². The van der Waals surface area contributed by atoms with E-state index in [9.17, 15) is 0 Å². The van der Waals surface area contributed by atoms with Gasteiger partial charge in [0.1, 0.15) is 0 Å². The van der Waals surface area contributed by atoms with Crippen LogP contribution in [0.1, 0.15) is 137 Å². The molecule has 2 aliphatic rings. The standard InChI is InChI=1S/C36H56O2S/c1-35(2,3)37-23-15-13-17-27-25-33(31-21-11-9-19-29(27)31)39(7,8)34-26-28(30-20-10-12-22-32(30)34)18-14-16-24-38-36(4,5)6/h9-12,19-22,27-28,33-34H,13-18,23-26H2,1-8H3. The summed E-state index contributed by atoms with van der Waals surface area (Å²) in [4.78, 5) is 0. The van der Waals surface area contributed by atoms with Crippen molar-refractivity contribution >= 4 is 10.0 Å². The molecular formula is C36H56O2S. The van der Waals surface area contributed by atoms with Crippen LogP contribution in [0, 0.1) is 0 Å². The van der Waals surface area contributed by atoms with Gasteiger partial charge in [-0.15, -0.1) is 0 Å². The molecule has 0 spiro atoms. The molecule has 2 nitrogen and oxygen atoms in total. The number of hydrogen-bond acceptors (Lipinski definition) is 2. The van der Waals surface area contributed by atoms with Crippen LogP contribution in [0.3, 0.4) is 0 Å². The Bertz CT molecular complexity index is 977. The lowest BCUT2D eigenvalue weighted by Crippen LogP contribution is -2.19. The molecule has 0 saturated carbocycles. The smallest absolute Gasteiger partial charge is 0.0598 e. The normalized spacial score (nSPS) is 23.6. The maximum absolute atomic E-state index is 6.00. The first-order valence-corrected chi connectivity index (χ1v) is 18.1. The maximum Gasteiger partial charge on any atom is 0.0598 e. The monoisotopic (exact) mass is 552 g/mol. The molecule has 0 amide bonds. The second-order valence-electron chi connectivity index (χ2n) is 14.5. The van der Waals surface area contributed by atoms with Crippen LogP contribution in [0.2, 0.25) is 0 Å². The predicted molar refractivity (Wildman–Crippen MR) is 172 cm³/mol. The van der Waals surface area contributed by atoms with Gasteiger partial charge in [-0.1, -0.05) is 61.4 Å². The zero-order valence-electron chi connectivity index (χ0n) is 26.2. The minimum absolute atomic E-state index is 0.0337. The molecule has 2 aliphatic carbocycles. The van der Waals surface area contributed by atoms with Gasteiger partial charge in [0.15, 0.2) is 0 Å². The van der Waals surface area contributed by atoms with E-state index in [2.05, 4.69) is 103 Å². The van der Waals surface area contributed by atoms with Crippen LogP contribution >= 0.6 is 10.0 Å². The number of hydrogen-bond donors (Lipinski definition) is 0. The van der Waals surface area contributed by atoms with Crippen LogP contribution in [0.5, 0.6) is 0 Å². The average molecular weight is 553 g/mol. The second kappa shape index (κ2) is 12.7. The fourth-order valence-corrected chi connectivity index (χ4v) is 10.6. The van der Waals surface area contributed by atoms with Crippen LogP contribution in [0.15, 0.2) is 48.5 Å². The zero-order valence-corrected chi connectivity index (χ0v) is 27.0. The van der Waals surface area contributed by atoms with E-state index in [0.717, 1.165) is 26.1 Å². The molecule has 0 radical (unpaired) electrons. The summed E-state index contributed by atoms with van der Waals surface area (Å²) in [6.07, 6.45) is 15.4. The van der Waals surface area contributed by atoms with E-state index in [1.807, 2.05) is 0 Å². The number of unbranched alkanes of at least 4 members (excludes halogenated alkanes) is 2. The zero-order chi connectivity index (χ0) is 28.3. The van der Waals surface area contributed by atoms with Gasteiger partial charge in [-0.25, -0.2) is 10.0 Å². The third-order valence-electron chi connectivity index (χ3n) is 8.99. The molecule has 2 aromatic rings. The number of fused-ring (bicyclic) bond motifs is 2. The van der Waals surface area contributed by atoms with Gasteiger partial charge in [-0.2, -0.15) is 0 Å². The molecule has 0 N–H and O–H groups in total. The Morgan fingerprint density at radius 1 is 0.590 bits per heavy atom. The fraction of sp³-hybridized carbons (Fsp3) is 0.667. The highest BCUT2D eigenvalue weighted by atomic mass is 32.3. The van der Waals surface area contributed by atoms with Crippen molar-refractivity contribution < 1.29 is 9.47 Å². The molecule has 39 heavy (non-hydrogen) atoms. The number of rotatable bonds is 12. The molecule has 4 atom stereocenters. The Morgan fingerprint density at radius 3 is 1.31 bits per heavy atom. The summed E-state index contributed by atoms with van der Waals surface area (Å²) in [7, 11) is -0.890. The summed E-state index contributed by atoms with van der Waals surface area (Å²) < 4.78 is 12.0. The summed E-state index contributed by atoms with van der Waals surface area (Å²) in [6.45, 7) is 14.7. The maximum atomic E-state index is 6.00. The molecule has 3 heteroatoms. The van der Waals surface area contributed by atoms with Gasteiger partial charge in [-0.3, -0.25) is 0 Å². The highest BCUT2D eigenvalue weighted by Crippen LogP contribution is 2.73. The first-order valence-electron chi connectivity index (χ1n) is 15.5. The van der Waals surface area contributed by atoms with Gasteiger partial charge in [0, 0.05) is 23.7 Å². The first-order chi connectivity index (χ1) is 18.4. The minimum atomic E-state index is -0.890. The molecule has 0 aromatic heterocycles. The molecule has 0 heterocycles. The Kier molecular flexibility index (Phi) is 9.99.